The number of rotatable bonds is 1. The van der Waals surface area contributed by atoms with Crippen LogP contribution in [0.15, 0.2) is 21.9 Å². The van der Waals surface area contributed by atoms with Crippen molar-refractivity contribution in [3.05, 3.63) is 17.2 Å². The number of nitrogens with two attached hydrogens (primary N) is 1. The van der Waals surface area contributed by atoms with Gasteiger partial charge >= 0.3 is 0 Å². The molecule has 2 rings (SSSR count). The Bertz CT molecular complexity index is 617. The Kier molecular flexibility index (Phi) is 4.41. The van der Waals surface area contributed by atoms with Gasteiger partial charge in [-0.05, 0) is 24.1 Å². The first-order valence-corrected chi connectivity index (χ1v) is 8.58. The second-order valence-electron chi connectivity index (χ2n) is 3.66. The Labute approximate surface area is 134 Å². The van der Waals surface area contributed by atoms with Crippen LogP contribution in [0.2, 0.25) is 5.02 Å². The van der Waals surface area contributed by atoms with Gasteiger partial charge in [0.25, 0.3) is 0 Å². The van der Waals surface area contributed by atoms with Crippen LogP contribution in [0.5, 0.6) is 0 Å². The van der Waals surface area contributed by atoms with Crippen molar-refractivity contribution in [2.75, 3.05) is 5.32 Å². The summed E-state index contributed by atoms with van der Waals surface area (Å²) in [5.74, 6) is 0. The van der Waals surface area contributed by atoms with Crippen molar-refractivity contribution in [1.82, 2.24) is 4.72 Å². The van der Waals surface area contributed by atoms with Gasteiger partial charge < -0.3 is 5.32 Å². The zero-order valence-corrected chi connectivity index (χ0v) is 13.6. The lowest BCUT2D eigenvalue weighted by atomic mass is 10.3. The second kappa shape index (κ2) is 5.31. The molecular formula is C8H7Cl4N3O2S2. The molecule has 4 N–H and O–H groups in total. The zero-order valence-electron chi connectivity index (χ0n) is 8.95. The predicted octanol–water partition coefficient (Wildman–Crippen LogP) is 2.71. The number of sulfonamides is 1. The highest BCUT2D eigenvalue weighted by Crippen LogP contribution is 2.41. The fourth-order valence-corrected chi connectivity index (χ4v) is 3.99. The van der Waals surface area contributed by atoms with Crippen molar-refractivity contribution in [3.8, 4) is 0 Å². The summed E-state index contributed by atoms with van der Waals surface area (Å²) in [7, 11) is -3.89. The highest BCUT2D eigenvalue weighted by Gasteiger charge is 2.36. The standard InChI is InChI=1S/C8H7Cl4N3O2S2/c9-3-1-4-5(2-6(3)19(13,16)17)18-15-7(14-4)8(10,11)12/h1-2,7,14-15H,(H2,13,16,17). The highest BCUT2D eigenvalue weighted by molar-refractivity contribution is 7.97. The van der Waals surface area contributed by atoms with Gasteiger partial charge in [-0.1, -0.05) is 46.4 Å². The first kappa shape index (κ1) is 15.8. The maximum atomic E-state index is 11.3. The third-order valence-electron chi connectivity index (χ3n) is 2.25. The van der Waals surface area contributed by atoms with Gasteiger partial charge in [-0.3, -0.25) is 0 Å². The smallest absolute Gasteiger partial charge is 0.239 e. The highest BCUT2D eigenvalue weighted by atomic mass is 35.6. The molecule has 11 heteroatoms. The summed E-state index contributed by atoms with van der Waals surface area (Å²) >= 11 is 24.3. The van der Waals surface area contributed by atoms with Gasteiger partial charge in [-0.15, -0.1) is 0 Å². The first-order valence-electron chi connectivity index (χ1n) is 4.71. The molecular weight excluding hydrogens is 376 g/mol. The molecule has 0 aromatic heterocycles. The summed E-state index contributed by atoms with van der Waals surface area (Å²) in [6.45, 7) is 0. The number of hydrogen-bond donors (Lipinski definition) is 3. The van der Waals surface area contributed by atoms with Crippen LogP contribution >= 0.6 is 58.4 Å². The van der Waals surface area contributed by atoms with Crippen molar-refractivity contribution in [2.45, 2.75) is 19.7 Å². The van der Waals surface area contributed by atoms with Crippen LogP contribution in [0.1, 0.15) is 0 Å². The summed E-state index contributed by atoms with van der Waals surface area (Å²) < 4.78 is 24.0. The Morgan fingerprint density at radius 1 is 1.32 bits per heavy atom. The Morgan fingerprint density at radius 2 is 1.95 bits per heavy atom. The molecule has 0 amide bonds. The molecule has 1 aromatic rings. The molecule has 0 spiro atoms. The molecule has 0 saturated carbocycles. The molecule has 0 radical (unpaired) electrons. The molecule has 1 atom stereocenters. The van der Waals surface area contributed by atoms with Crippen molar-refractivity contribution in [3.63, 3.8) is 0 Å². The van der Waals surface area contributed by atoms with Crippen molar-refractivity contribution >= 4 is 74.1 Å². The van der Waals surface area contributed by atoms with Crippen LogP contribution in [-0.2, 0) is 10.0 Å². The predicted molar refractivity (Wildman–Crippen MR) is 79.5 cm³/mol. The molecule has 0 fully saturated rings. The van der Waals surface area contributed by atoms with E-state index in [0.29, 0.717) is 10.6 Å². The summed E-state index contributed by atoms with van der Waals surface area (Å²) in [6.07, 6.45) is -0.647. The second-order valence-corrected chi connectivity index (χ2v) is 8.85. The molecule has 106 valence electrons. The summed E-state index contributed by atoms with van der Waals surface area (Å²) in [5.41, 5.74) is 0.553. The maximum absolute atomic E-state index is 11.3. The van der Waals surface area contributed by atoms with E-state index < -0.39 is 20.0 Å². The third kappa shape index (κ3) is 3.54. The van der Waals surface area contributed by atoms with Crippen LogP contribution in [0.3, 0.4) is 0 Å². The number of fused-ring (bicyclic) bond motifs is 1. The summed E-state index contributed by atoms with van der Waals surface area (Å²) in [5, 5.41) is 7.97. The zero-order chi connectivity index (χ0) is 14.4. The summed E-state index contributed by atoms with van der Waals surface area (Å²) in [6, 6.07) is 2.78. The SMILES string of the molecule is NS(=O)(=O)c1cc2c(cc1Cl)NC(C(Cl)(Cl)Cl)NS2. The fraction of sp³-hybridized carbons (Fsp3) is 0.250. The number of halogens is 4. The fourth-order valence-electron chi connectivity index (χ4n) is 1.41. The molecule has 0 bridgehead atoms. The monoisotopic (exact) mass is 381 g/mol. The third-order valence-corrected chi connectivity index (χ3v) is 5.20. The number of hydrogen-bond acceptors (Lipinski definition) is 5. The van der Waals surface area contributed by atoms with E-state index in [1.165, 1.54) is 12.1 Å². The van der Waals surface area contributed by atoms with E-state index in [1.807, 2.05) is 0 Å². The average Bonchev–Trinajstić information content (AvgIpc) is 2.24. The van der Waals surface area contributed by atoms with Gasteiger partial charge in [-0.25, -0.2) is 18.3 Å². The van der Waals surface area contributed by atoms with E-state index in [9.17, 15) is 8.42 Å². The van der Waals surface area contributed by atoms with Crippen LogP contribution in [0.4, 0.5) is 5.69 Å². The van der Waals surface area contributed by atoms with Crippen LogP contribution in [0.25, 0.3) is 0 Å². The minimum absolute atomic E-state index is 0.000632. The van der Waals surface area contributed by atoms with E-state index in [-0.39, 0.29) is 9.92 Å². The lowest BCUT2D eigenvalue weighted by Gasteiger charge is -2.32. The van der Waals surface area contributed by atoms with Gasteiger partial charge in [0.1, 0.15) is 11.1 Å². The molecule has 1 heterocycles. The van der Waals surface area contributed by atoms with Crippen LogP contribution < -0.4 is 15.2 Å². The first-order chi connectivity index (χ1) is 8.59. The average molecular weight is 383 g/mol. The van der Waals surface area contributed by atoms with E-state index >= 15 is 0 Å². The largest absolute Gasteiger partial charge is 0.365 e. The molecule has 1 aromatic carbocycles. The maximum Gasteiger partial charge on any atom is 0.239 e. The van der Waals surface area contributed by atoms with Gasteiger partial charge in [0.05, 0.1) is 10.7 Å². The van der Waals surface area contributed by atoms with E-state index in [4.69, 9.17) is 51.5 Å². The van der Waals surface area contributed by atoms with Gasteiger partial charge in [-0.2, -0.15) is 0 Å². The molecule has 1 aliphatic heterocycles. The van der Waals surface area contributed by atoms with Crippen molar-refractivity contribution in [1.29, 1.82) is 0 Å². The molecule has 5 nitrogen and oxygen atoms in total. The molecule has 0 aliphatic carbocycles. The van der Waals surface area contributed by atoms with Crippen LogP contribution in [-0.4, -0.2) is 18.4 Å². The van der Waals surface area contributed by atoms with Gasteiger partial charge in [0, 0.05) is 4.90 Å². The number of anilines is 1. The van der Waals surface area contributed by atoms with E-state index in [1.54, 1.807) is 0 Å². The quantitative estimate of drug-likeness (QED) is 0.513. The normalized spacial score (nSPS) is 19.7. The number of primary sulfonamides is 1. The van der Waals surface area contributed by atoms with E-state index in [0.717, 1.165) is 11.9 Å². The molecule has 1 aliphatic rings. The Hall–Kier alpha value is 0.400. The lowest BCUT2D eigenvalue weighted by Crippen LogP contribution is -2.45. The molecule has 1 unspecified atom stereocenters. The van der Waals surface area contributed by atoms with Gasteiger partial charge in [0.15, 0.2) is 0 Å². The minimum Gasteiger partial charge on any atom is -0.365 e. The lowest BCUT2D eigenvalue weighted by molar-refractivity contribution is 0.597. The van der Waals surface area contributed by atoms with E-state index in [2.05, 4.69) is 10.0 Å². The molecule has 0 saturated heterocycles. The summed E-state index contributed by atoms with van der Waals surface area (Å²) in [4.78, 5) is 0.426. The molecule has 19 heavy (non-hydrogen) atoms. The van der Waals surface area contributed by atoms with Crippen LogP contribution in [0, 0.1) is 0 Å². The van der Waals surface area contributed by atoms with Crippen molar-refractivity contribution < 1.29 is 8.42 Å². The number of alkyl halides is 3. The Morgan fingerprint density at radius 3 is 2.47 bits per heavy atom. The van der Waals surface area contributed by atoms with Gasteiger partial charge in [0.2, 0.25) is 13.8 Å². The number of nitrogens with one attached hydrogen (secondary N) is 2. The van der Waals surface area contributed by atoms with Crippen molar-refractivity contribution in [2.24, 2.45) is 5.14 Å². The minimum atomic E-state index is -3.89. The topological polar surface area (TPSA) is 84.2 Å². The Balaban J connectivity index is 2.42. The number of benzene rings is 1.